The Bertz CT molecular complexity index is 731. The summed E-state index contributed by atoms with van der Waals surface area (Å²) in [6.07, 6.45) is 7.05. The highest BCUT2D eigenvalue weighted by molar-refractivity contribution is 5.82. The Balaban J connectivity index is 1.63. The Kier molecular flexibility index (Phi) is 3.04. The molecule has 1 aliphatic rings. The van der Waals surface area contributed by atoms with E-state index in [0.717, 1.165) is 36.4 Å². The van der Waals surface area contributed by atoms with Gasteiger partial charge in [-0.15, -0.1) is 0 Å². The van der Waals surface area contributed by atoms with Gasteiger partial charge in [-0.05, 0) is 25.0 Å². The van der Waals surface area contributed by atoms with Gasteiger partial charge in [0.25, 0.3) is 0 Å². The minimum atomic E-state index is 0.0304. The molecular weight excluding hydrogens is 270 g/mol. The average molecular weight is 285 g/mol. The first-order chi connectivity index (χ1) is 10.4. The van der Waals surface area contributed by atoms with Gasteiger partial charge in [-0.25, -0.2) is 15.0 Å². The number of hydrogen-bond donors (Lipinski definition) is 1. The van der Waals surface area contributed by atoms with E-state index >= 15 is 0 Å². The third-order valence-corrected chi connectivity index (χ3v) is 3.58. The van der Waals surface area contributed by atoms with Crippen molar-refractivity contribution in [3.8, 4) is 0 Å². The molecule has 0 bridgehead atoms. The number of furan rings is 1. The van der Waals surface area contributed by atoms with Crippen molar-refractivity contribution in [2.75, 3.05) is 11.9 Å². The Hall–Kier alpha value is -2.41. The zero-order valence-corrected chi connectivity index (χ0v) is 11.4. The molecule has 1 atom stereocenters. The monoisotopic (exact) mass is 285 g/mol. The van der Waals surface area contributed by atoms with Crippen LogP contribution < -0.4 is 5.32 Å². The van der Waals surface area contributed by atoms with Gasteiger partial charge < -0.3 is 14.5 Å². The van der Waals surface area contributed by atoms with Crippen molar-refractivity contribution in [2.24, 2.45) is 0 Å². The molecule has 3 aromatic rings. The molecular formula is C14H15N5O2. The molecule has 1 fully saturated rings. The van der Waals surface area contributed by atoms with Crippen LogP contribution in [0.3, 0.4) is 0 Å². The minimum absolute atomic E-state index is 0.0304. The molecule has 1 saturated heterocycles. The zero-order chi connectivity index (χ0) is 14.1. The van der Waals surface area contributed by atoms with E-state index in [2.05, 4.69) is 20.3 Å². The number of nitrogens with one attached hydrogen (secondary N) is 1. The third kappa shape index (κ3) is 2.25. The first-order valence-electron chi connectivity index (χ1n) is 6.97. The molecule has 1 unspecified atom stereocenters. The predicted octanol–water partition coefficient (Wildman–Crippen LogP) is 2.34. The maximum absolute atomic E-state index is 5.69. The molecule has 0 amide bonds. The van der Waals surface area contributed by atoms with Crippen molar-refractivity contribution in [3.63, 3.8) is 0 Å². The molecule has 21 heavy (non-hydrogen) atoms. The van der Waals surface area contributed by atoms with Crippen LogP contribution in [0.4, 0.5) is 5.82 Å². The van der Waals surface area contributed by atoms with Gasteiger partial charge in [0, 0.05) is 6.61 Å². The van der Waals surface area contributed by atoms with E-state index in [1.807, 2.05) is 16.7 Å². The predicted molar refractivity (Wildman–Crippen MR) is 75.6 cm³/mol. The number of hydrogen-bond acceptors (Lipinski definition) is 6. The Morgan fingerprint density at radius 2 is 2.33 bits per heavy atom. The van der Waals surface area contributed by atoms with Crippen LogP contribution in [0.2, 0.25) is 0 Å². The Morgan fingerprint density at radius 3 is 3.14 bits per heavy atom. The molecule has 4 rings (SSSR count). The van der Waals surface area contributed by atoms with E-state index in [-0.39, 0.29) is 6.23 Å². The van der Waals surface area contributed by atoms with Gasteiger partial charge >= 0.3 is 0 Å². The molecule has 0 radical (unpaired) electrons. The number of aromatic nitrogens is 4. The van der Waals surface area contributed by atoms with Crippen LogP contribution in [0.1, 0.15) is 24.8 Å². The number of imidazole rings is 1. The zero-order valence-electron chi connectivity index (χ0n) is 11.4. The highest BCUT2D eigenvalue weighted by Gasteiger charge is 2.21. The third-order valence-electron chi connectivity index (χ3n) is 3.58. The number of nitrogens with zero attached hydrogens (tertiary/aromatic N) is 4. The Morgan fingerprint density at radius 1 is 1.33 bits per heavy atom. The Labute approximate surface area is 121 Å². The van der Waals surface area contributed by atoms with Gasteiger partial charge in [-0.3, -0.25) is 4.57 Å². The molecule has 108 valence electrons. The fraction of sp³-hybridized carbons (Fsp3) is 0.357. The van der Waals surface area contributed by atoms with Gasteiger partial charge in [0.05, 0.1) is 19.1 Å². The minimum Gasteiger partial charge on any atom is -0.467 e. The van der Waals surface area contributed by atoms with Crippen molar-refractivity contribution in [3.05, 3.63) is 36.8 Å². The summed E-state index contributed by atoms with van der Waals surface area (Å²) >= 11 is 0. The second-order valence-electron chi connectivity index (χ2n) is 4.95. The lowest BCUT2D eigenvalue weighted by Gasteiger charge is -2.11. The summed E-state index contributed by atoms with van der Waals surface area (Å²) in [5, 5.41) is 3.23. The maximum atomic E-state index is 5.69. The maximum Gasteiger partial charge on any atom is 0.167 e. The lowest BCUT2D eigenvalue weighted by molar-refractivity contribution is 0.0593. The summed E-state index contributed by atoms with van der Waals surface area (Å²) in [5.41, 5.74) is 1.54. The first kappa shape index (κ1) is 12.3. The van der Waals surface area contributed by atoms with E-state index in [1.54, 1.807) is 18.9 Å². The highest BCUT2D eigenvalue weighted by Crippen LogP contribution is 2.27. The van der Waals surface area contributed by atoms with Crippen LogP contribution in [0.25, 0.3) is 11.2 Å². The number of fused-ring (bicyclic) bond motifs is 1. The average Bonchev–Trinajstić information content (AvgIpc) is 3.24. The molecule has 0 saturated carbocycles. The van der Waals surface area contributed by atoms with E-state index < -0.39 is 0 Å². The SMILES string of the molecule is c1coc(CNc2ncnc3c2ncn3C2CCCO2)c1. The standard InChI is InChI=1S/C14H15N5O2/c1-3-10(20-5-1)7-15-13-12-14(17-8-16-13)19(9-18-12)11-4-2-6-21-11/h1,3,5,8-9,11H,2,4,6-7H2,(H,15,16,17). The smallest absolute Gasteiger partial charge is 0.167 e. The van der Waals surface area contributed by atoms with Crippen molar-refractivity contribution in [1.29, 1.82) is 0 Å². The second-order valence-corrected chi connectivity index (χ2v) is 4.95. The summed E-state index contributed by atoms with van der Waals surface area (Å²) in [6.45, 7) is 1.35. The van der Waals surface area contributed by atoms with Crippen LogP contribution in [0.15, 0.2) is 35.5 Å². The summed E-state index contributed by atoms with van der Waals surface area (Å²) in [5.74, 6) is 1.55. The quantitative estimate of drug-likeness (QED) is 0.792. The van der Waals surface area contributed by atoms with E-state index in [0.29, 0.717) is 12.4 Å². The van der Waals surface area contributed by atoms with Crippen molar-refractivity contribution in [2.45, 2.75) is 25.6 Å². The first-order valence-corrected chi connectivity index (χ1v) is 6.97. The largest absolute Gasteiger partial charge is 0.467 e. The van der Waals surface area contributed by atoms with Crippen LogP contribution in [0, 0.1) is 0 Å². The van der Waals surface area contributed by atoms with Gasteiger partial charge in [-0.2, -0.15) is 0 Å². The normalized spacial score (nSPS) is 18.4. The topological polar surface area (TPSA) is 78.0 Å². The molecule has 0 aliphatic carbocycles. The molecule has 0 aromatic carbocycles. The molecule has 7 heteroatoms. The summed E-state index contributed by atoms with van der Waals surface area (Å²) in [6, 6.07) is 3.77. The van der Waals surface area contributed by atoms with Crippen LogP contribution in [-0.2, 0) is 11.3 Å². The summed E-state index contributed by atoms with van der Waals surface area (Å²) in [4.78, 5) is 13.0. The number of rotatable bonds is 4. The lowest BCUT2D eigenvalue weighted by atomic mass is 10.3. The van der Waals surface area contributed by atoms with Crippen molar-refractivity contribution < 1.29 is 9.15 Å². The number of anilines is 1. The molecule has 4 heterocycles. The van der Waals surface area contributed by atoms with Crippen LogP contribution in [-0.4, -0.2) is 26.1 Å². The van der Waals surface area contributed by atoms with Gasteiger partial charge in [-0.1, -0.05) is 0 Å². The molecule has 0 spiro atoms. The summed E-state index contributed by atoms with van der Waals surface area (Å²) < 4.78 is 13.0. The molecule has 1 aliphatic heterocycles. The van der Waals surface area contributed by atoms with Crippen molar-refractivity contribution in [1.82, 2.24) is 19.5 Å². The van der Waals surface area contributed by atoms with Gasteiger partial charge in [0.1, 0.15) is 18.3 Å². The fourth-order valence-electron chi connectivity index (χ4n) is 2.56. The fourth-order valence-corrected chi connectivity index (χ4v) is 2.56. The lowest BCUT2D eigenvalue weighted by Crippen LogP contribution is -2.07. The van der Waals surface area contributed by atoms with Crippen molar-refractivity contribution >= 4 is 17.0 Å². The molecule has 3 aromatic heterocycles. The van der Waals surface area contributed by atoms with Crippen LogP contribution >= 0.6 is 0 Å². The van der Waals surface area contributed by atoms with E-state index in [9.17, 15) is 0 Å². The molecule has 1 N–H and O–H groups in total. The van der Waals surface area contributed by atoms with E-state index in [1.165, 1.54) is 0 Å². The highest BCUT2D eigenvalue weighted by atomic mass is 16.5. The van der Waals surface area contributed by atoms with Crippen LogP contribution in [0.5, 0.6) is 0 Å². The summed E-state index contributed by atoms with van der Waals surface area (Å²) in [7, 11) is 0. The second kappa shape index (κ2) is 5.17. The number of ether oxygens (including phenoxy) is 1. The van der Waals surface area contributed by atoms with Gasteiger partial charge in [0.15, 0.2) is 17.0 Å². The van der Waals surface area contributed by atoms with E-state index in [4.69, 9.17) is 9.15 Å². The molecule has 7 nitrogen and oxygen atoms in total. The van der Waals surface area contributed by atoms with Gasteiger partial charge in [0.2, 0.25) is 0 Å².